The minimum absolute atomic E-state index is 0.123. The third-order valence-corrected chi connectivity index (χ3v) is 5.06. The van der Waals surface area contributed by atoms with Gasteiger partial charge in [-0.1, -0.05) is 17.4 Å². The highest BCUT2D eigenvalue weighted by molar-refractivity contribution is 7.11. The molecular weight excluding hydrogens is 360 g/mol. The smallest absolute Gasteiger partial charge is 0.279 e. The first kappa shape index (κ1) is 16.3. The van der Waals surface area contributed by atoms with Crippen LogP contribution in [0.4, 0.5) is 14.5 Å². The molecule has 0 aliphatic carbocycles. The van der Waals surface area contributed by atoms with E-state index in [-0.39, 0.29) is 16.3 Å². The van der Waals surface area contributed by atoms with Crippen LogP contribution in [0, 0.1) is 11.6 Å². The first-order valence-corrected chi connectivity index (χ1v) is 8.38. The Labute approximate surface area is 149 Å². The molecule has 0 radical (unpaired) electrons. The van der Waals surface area contributed by atoms with Gasteiger partial charge in [0.05, 0.1) is 16.6 Å². The van der Waals surface area contributed by atoms with Gasteiger partial charge in [0.1, 0.15) is 16.5 Å². The van der Waals surface area contributed by atoms with Gasteiger partial charge in [0, 0.05) is 12.3 Å². The molecule has 0 bridgehead atoms. The van der Waals surface area contributed by atoms with Crippen LogP contribution in [-0.2, 0) is 11.8 Å². The standard InChI is InChI=1S/C18H11F2N3O2S/c1-23-17(25)15(26-18(23)21-11-4-2-3-9(19)7-11)14-12-8-10(20)5-6-13(12)22-16(14)24/h2-8,25H,1H3. The summed E-state index contributed by atoms with van der Waals surface area (Å²) in [6.07, 6.45) is 0. The fourth-order valence-electron chi connectivity index (χ4n) is 2.67. The van der Waals surface area contributed by atoms with Crippen molar-refractivity contribution in [2.45, 2.75) is 0 Å². The summed E-state index contributed by atoms with van der Waals surface area (Å²) in [7, 11) is 1.57. The molecule has 26 heavy (non-hydrogen) atoms. The monoisotopic (exact) mass is 371 g/mol. The molecule has 0 fully saturated rings. The molecule has 4 rings (SSSR count). The molecule has 8 heteroatoms. The lowest BCUT2D eigenvalue weighted by Crippen LogP contribution is -2.23. The van der Waals surface area contributed by atoms with Crippen LogP contribution in [0.5, 0.6) is 5.88 Å². The zero-order valence-corrected chi connectivity index (χ0v) is 14.2. The maximum Gasteiger partial charge on any atom is 0.279 e. The summed E-state index contributed by atoms with van der Waals surface area (Å²) in [6, 6.07) is 9.54. The lowest BCUT2D eigenvalue weighted by molar-refractivity contribution is -0.112. The third kappa shape index (κ3) is 2.64. The Morgan fingerprint density at radius 1 is 1.15 bits per heavy atom. The minimum atomic E-state index is -0.556. The summed E-state index contributed by atoms with van der Waals surface area (Å²) in [4.78, 5) is 21.1. The van der Waals surface area contributed by atoms with Crippen molar-refractivity contribution >= 4 is 28.5 Å². The molecule has 1 aliphatic heterocycles. The quantitative estimate of drug-likeness (QED) is 0.745. The van der Waals surface area contributed by atoms with Crippen molar-refractivity contribution in [1.82, 2.24) is 4.57 Å². The van der Waals surface area contributed by atoms with Gasteiger partial charge in [0.25, 0.3) is 5.91 Å². The van der Waals surface area contributed by atoms with Crippen LogP contribution in [0.25, 0.3) is 5.57 Å². The van der Waals surface area contributed by atoms with E-state index in [0.717, 1.165) is 11.3 Å². The van der Waals surface area contributed by atoms with E-state index in [9.17, 15) is 18.7 Å². The van der Waals surface area contributed by atoms with Gasteiger partial charge in [-0.3, -0.25) is 9.36 Å². The number of aromatic nitrogens is 1. The molecule has 0 spiro atoms. The van der Waals surface area contributed by atoms with E-state index in [2.05, 4.69) is 9.98 Å². The average Bonchev–Trinajstić information content (AvgIpc) is 3.05. The Balaban J connectivity index is 1.97. The van der Waals surface area contributed by atoms with E-state index < -0.39 is 17.5 Å². The molecule has 0 saturated carbocycles. The predicted octanol–water partition coefficient (Wildman–Crippen LogP) is 1.66. The highest BCUT2D eigenvalue weighted by Gasteiger charge is 2.25. The third-order valence-electron chi connectivity index (χ3n) is 3.92. The van der Waals surface area contributed by atoms with Gasteiger partial charge < -0.3 is 5.11 Å². The summed E-state index contributed by atoms with van der Waals surface area (Å²) in [5.74, 6) is -1.68. The van der Waals surface area contributed by atoms with Crippen molar-refractivity contribution in [1.29, 1.82) is 0 Å². The maximum absolute atomic E-state index is 13.6. The molecule has 1 aliphatic rings. The first-order valence-electron chi connectivity index (χ1n) is 7.56. The Hall–Kier alpha value is -3.13. The molecule has 0 atom stereocenters. The molecule has 0 unspecified atom stereocenters. The number of nitrogens with zero attached hydrogens (tertiary/aromatic N) is 3. The molecule has 0 saturated heterocycles. The summed E-state index contributed by atoms with van der Waals surface area (Å²) in [6.45, 7) is 0. The lowest BCUT2D eigenvalue weighted by Gasteiger charge is -1.98. The molecule has 5 nitrogen and oxygen atoms in total. The number of aromatic hydroxyl groups is 1. The van der Waals surface area contributed by atoms with Gasteiger partial charge in [-0.05, 0) is 36.4 Å². The fourth-order valence-corrected chi connectivity index (χ4v) is 3.76. The second-order valence-corrected chi connectivity index (χ2v) is 6.62. The van der Waals surface area contributed by atoms with Gasteiger partial charge in [0.15, 0.2) is 4.80 Å². The summed E-state index contributed by atoms with van der Waals surface area (Å²) in [5.41, 5.74) is 0.491. The molecule has 3 aromatic rings. The first-order chi connectivity index (χ1) is 12.4. The fraction of sp³-hybridized carbons (Fsp3) is 0.0556. The van der Waals surface area contributed by atoms with Crippen molar-refractivity contribution in [3.05, 3.63) is 74.4 Å². The second-order valence-electron chi connectivity index (χ2n) is 5.64. The van der Waals surface area contributed by atoms with E-state index in [1.807, 2.05) is 0 Å². The zero-order valence-electron chi connectivity index (χ0n) is 13.4. The molecule has 1 amide bonds. The number of carbonyl (C=O) groups is 1. The van der Waals surface area contributed by atoms with Crippen molar-refractivity contribution in [2.24, 2.45) is 17.0 Å². The van der Waals surface area contributed by atoms with Gasteiger partial charge in [0.2, 0.25) is 5.88 Å². The summed E-state index contributed by atoms with van der Waals surface area (Å²) in [5, 5.41) is 11.1. The highest BCUT2D eigenvalue weighted by Crippen LogP contribution is 2.28. The SMILES string of the molecule is Cn1c(O)c(C2=c3cc(F)ccc3=NC2=O)sc1=Nc1cccc(F)c1. The number of rotatable bonds is 2. The van der Waals surface area contributed by atoms with Gasteiger partial charge >= 0.3 is 0 Å². The topological polar surface area (TPSA) is 66.9 Å². The van der Waals surface area contributed by atoms with Crippen LogP contribution in [0.3, 0.4) is 0 Å². The number of hydrogen-bond acceptors (Lipinski definition) is 4. The molecule has 1 aromatic heterocycles. The number of amides is 1. The highest BCUT2D eigenvalue weighted by atomic mass is 32.1. The molecule has 1 N–H and O–H groups in total. The maximum atomic E-state index is 13.6. The number of benzene rings is 2. The Morgan fingerprint density at radius 2 is 1.92 bits per heavy atom. The number of halogens is 2. The van der Waals surface area contributed by atoms with E-state index in [0.29, 0.717) is 21.1 Å². The summed E-state index contributed by atoms with van der Waals surface area (Å²) < 4.78 is 28.3. The van der Waals surface area contributed by atoms with Crippen molar-refractivity contribution in [3.63, 3.8) is 0 Å². The van der Waals surface area contributed by atoms with Gasteiger partial charge in [-0.2, -0.15) is 0 Å². The number of fused-ring (bicyclic) bond motifs is 1. The molecule has 2 heterocycles. The van der Waals surface area contributed by atoms with Crippen LogP contribution < -0.4 is 15.4 Å². The van der Waals surface area contributed by atoms with Crippen molar-refractivity contribution in [2.75, 3.05) is 0 Å². The van der Waals surface area contributed by atoms with Crippen molar-refractivity contribution in [3.8, 4) is 5.88 Å². The zero-order chi connectivity index (χ0) is 18.4. The van der Waals surface area contributed by atoms with E-state index in [4.69, 9.17) is 0 Å². The minimum Gasteiger partial charge on any atom is -0.493 e. The van der Waals surface area contributed by atoms with Crippen LogP contribution in [0.2, 0.25) is 0 Å². The van der Waals surface area contributed by atoms with Crippen LogP contribution in [0.1, 0.15) is 4.88 Å². The molecule has 130 valence electrons. The average molecular weight is 371 g/mol. The van der Waals surface area contributed by atoms with Gasteiger partial charge in [-0.15, -0.1) is 0 Å². The Morgan fingerprint density at radius 3 is 2.69 bits per heavy atom. The Kier molecular flexibility index (Phi) is 3.77. The number of thiazole rings is 1. The van der Waals surface area contributed by atoms with Gasteiger partial charge in [-0.25, -0.2) is 18.8 Å². The van der Waals surface area contributed by atoms with E-state index in [1.165, 1.54) is 41.0 Å². The number of hydrogen-bond donors (Lipinski definition) is 1. The van der Waals surface area contributed by atoms with Crippen LogP contribution in [0.15, 0.2) is 52.4 Å². The van der Waals surface area contributed by atoms with E-state index in [1.54, 1.807) is 13.1 Å². The van der Waals surface area contributed by atoms with Crippen molar-refractivity contribution < 1.29 is 18.7 Å². The molecular formula is C18H11F2N3O2S. The molecule has 2 aromatic carbocycles. The number of carbonyl (C=O) groups excluding carboxylic acids is 1. The normalized spacial score (nSPS) is 13.9. The van der Waals surface area contributed by atoms with Crippen LogP contribution >= 0.6 is 11.3 Å². The summed E-state index contributed by atoms with van der Waals surface area (Å²) >= 11 is 1.04. The lowest BCUT2D eigenvalue weighted by atomic mass is 10.1. The largest absolute Gasteiger partial charge is 0.493 e. The second kappa shape index (κ2) is 5.99. The predicted molar refractivity (Wildman–Crippen MR) is 91.3 cm³/mol. The Bertz CT molecular complexity index is 1260. The van der Waals surface area contributed by atoms with Crippen LogP contribution in [-0.4, -0.2) is 15.6 Å². The van der Waals surface area contributed by atoms with E-state index >= 15 is 0 Å².